The fourth-order valence-electron chi connectivity index (χ4n) is 1.51. The van der Waals surface area contributed by atoms with Gasteiger partial charge in [0.2, 0.25) is 0 Å². The summed E-state index contributed by atoms with van der Waals surface area (Å²) in [4.78, 5) is 0. The van der Waals surface area contributed by atoms with Gasteiger partial charge < -0.3 is 18.9 Å². The van der Waals surface area contributed by atoms with E-state index in [9.17, 15) is 0 Å². The molecule has 0 radical (unpaired) electrons. The number of hydrogen-bond acceptors (Lipinski definition) is 4. The summed E-state index contributed by atoms with van der Waals surface area (Å²) in [5.41, 5.74) is 0. The Labute approximate surface area is 118 Å². The van der Waals surface area contributed by atoms with Crippen molar-refractivity contribution in [1.82, 2.24) is 0 Å². The molecule has 0 saturated carbocycles. The summed E-state index contributed by atoms with van der Waals surface area (Å²) in [7, 11) is 0. The lowest BCUT2D eigenvalue weighted by Crippen LogP contribution is -2.27. The molecule has 0 fully saturated rings. The maximum absolute atomic E-state index is 5.67. The van der Waals surface area contributed by atoms with Gasteiger partial charge in [0, 0.05) is 13.2 Å². The standard InChI is InChI=1S/C15H32O4/c1-6-8-10-16-14(4)18-12-13(3)19-15(5)17-11-9-7-2/h13-15H,6-12H2,1-5H3. The average molecular weight is 276 g/mol. The second-order valence-electron chi connectivity index (χ2n) is 4.86. The van der Waals surface area contributed by atoms with Crippen molar-refractivity contribution in [2.24, 2.45) is 0 Å². The molecule has 3 unspecified atom stereocenters. The van der Waals surface area contributed by atoms with E-state index in [4.69, 9.17) is 18.9 Å². The molecular weight excluding hydrogens is 244 g/mol. The molecule has 0 aliphatic heterocycles. The lowest BCUT2D eigenvalue weighted by atomic mass is 10.4. The molecule has 0 aromatic carbocycles. The third-order valence-electron chi connectivity index (χ3n) is 2.69. The molecule has 0 aliphatic carbocycles. The van der Waals surface area contributed by atoms with Crippen LogP contribution in [0.5, 0.6) is 0 Å². The van der Waals surface area contributed by atoms with Crippen LogP contribution in [0.15, 0.2) is 0 Å². The van der Waals surface area contributed by atoms with Gasteiger partial charge in [0.25, 0.3) is 0 Å². The first-order chi connectivity index (χ1) is 9.10. The van der Waals surface area contributed by atoms with Gasteiger partial charge in [-0.15, -0.1) is 0 Å². The van der Waals surface area contributed by atoms with E-state index in [1.807, 2.05) is 20.8 Å². The molecule has 0 aromatic rings. The first-order valence-corrected chi connectivity index (χ1v) is 7.60. The third kappa shape index (κ3) is 12.6. The summed E-state index contributed by atoms with van der Waals surface area (Å²) in [6.07, 6.45) is 4.07. The van der Waals surface area contributed by atoms with Crippen LogP contribution in [-0.2, 0) is 18.9 Å². The largest absolute Gasteiger partial charge is 0.353 e. The number of rotatable bonds is 13. The number of unbranched alkanes of at least 4 members (excludes halogenated alkanes) is 2. The van der Waals surface area contributed by atoms with Gasteiger partial charge in [-0.05, 0) is 33.6 Å². The van der Waals surface area contributed by atoms with Crippen LogP contribution in [0.1, 0.15) is 60.3 Å². The summed E-state index contributed by atoms with van der Waals surface area (Å²) in [5.74, 6) is 0. The van der Waals surface area contributed by atoms with Crippen LogP contribution in [0, 0.1) is 0 Å². The van der Waals surface area contributed by atoms with Gasteiger partial charge in [0.1, 0.15) is 0 Å². The molecule has 4 nitrogen and oxygen atoms in total. The zero-order chi connectivity index (χ0) is 14.5. The first kappa shape index (κ1) is 18.8. The Morgan fingerprint density at radius 1 is 0.737 bits per heavy atom. The first-order valence-electron chi connectivity index (χ1n) is 7.60. The highest BCUT2D eigenvalue weighted by Crippen LogP contribution is 2.04. The molecule has 4 heteroatoms. The van der Waals surface area contributed by atoms with E-state index in [2.05, 4.69) is 13.8 Å². The molecular formula is C15H32O4. The van der Waals surface area contributed by atoms with E-state index in [1.54, 1.807) is 0 Å². The Morgan fingerprint density at radius 3 is 1.79 bits per heavy atom. The number of ether oxygens (including phenoxy) is 4. The van der Waals surface area contributed by atoms with Crippen LogP contribution in [0.25, 0.3) is 0 Å². The fraction of sp³-hybridized carbons (Fsp3) is 1.00. The monoisotopic (exact) mass is 276 g/mol. The van der Waals surface area contributed by atoms with Crippen molar-refractivity contribution in [1.29, 1.82) is 0 Å². The number of hydrogen-bond donors (Lipinski definition) is 0. The van der Waals surface area contributed by atoms with Gasteiger partial charge in [-0.1, -0.05) is 26.7 Å². The minimum atomic E-state index is -0.179. The van der Waals surface area contributed by atoms with Crippen LogP contribution in [-0.4, -0.2) is 38.5 Å². The summed E-state index contributed by atoms with van der Waals surface area (Å²) >= 11 is 0. The van der Waals surface area contributed by atoms with Crippen LogP contribution < -0.4 is 0 Å². The van der Waals surface area contributed by atoms with E-state index in [1.165, 1.54) is 0 Å². The maximum atomic E-state index is 5.67. The van der Waals surface area contributed by atoms with Crippen LogP contribution in [0.2, 0.25) is 0 Å². The van der Waals surface area contributed by atoms with Crippen molar-refractivity contribution >= 4 is 0 Å². The molecule has 0 heterocycles. The van der Waals surface area contributed by atoms with Crippen molar-refractivity contribution in [2.75, 3.05) is 19.8 Å². The van der Waals surface area contributed by atoms with Crippen LogP contribution >= 0.6 is 0 Å². The molecule has 0 saturated heterocycles. The summed E-state index contributed by atoms with van der Waals surface area (Å²) in [5, 5.41) is 0. The minimum absolute atomic E-state index is 0.00820. The second kappa shape index (κ2) is 12.9. The SMILES string of the molecule is CCCCOC(C)OCC(C)OC(C)OCCCC. The Hall–Kier alpha value is -0.160. The molecule has 0 N–H and O–H groups in total. The van der Waals surface area contributed by atoms with Gasteiger partial charge in [-0.3, -0.25) is 0 Å². The normalized spacial score (nSPS) is 16.3. The molecule has 116 valence electrons. The molecule has 0 aromatic heterocycles. The molecule has 19 heavy (non-hydrogen) atoms. The van der Waals surface area contributed by atoms with Gasteiger partial charge in [0.15, 0.2) is 12.6 Å². The van der Waals surface area contributed by atoms with Gasteiger partial charge >= 0.3 is 0 Å². The molecule has 0 bridgehead atoms. The molecule has 3 atom stereocenters. The Bertz CT molecular complexity index is 187. The topological polar surface area (TPSA) is 36.9 Å². The quantitative estimate of drug-likeness (QED) is 0.379. The molecule has 0 amide bonds. The third-order valence-corrected chi connectivity index (χ3v) is 2.69. The lowest BCUT2D eigenvalue weighted by molar-refractivity contribution is -0.194. The van der Waals surface area contributed by atoms with Crippen molar-refractivity contribution in [3.05, 3.63) is 0 Å². The highest BCUT2D eigenvalue weighted by Gasteiger charge is 2.11. The smallest absolute Gasteiger partial charge is 0.155 e. The van der Waals surface area contributed by atoms with E-state index < -0.39 is 0 Å². The van der Waals surface area contributed by atoms with Gasteiger partial charge in [0.05, 0.1) is 12.7 Å². The summed E-state index contributed by atoms with van der Waals surface area (Å²) in [6.45, 7) is 12.1. The Balaban J connectivity index is 3.53. The predicted octanol–water partition coefficient (Wildman–Crippen LogP) is 3.73. The van der Waals surface area contributed by atoms with Crippen molar-refractivity contribution in [3.63, 3.8) is 0 Å². The van der Waals surface area contributed by atoms with Crippen LogP contribution in [0.3, 0.4) is 0 Å². The fourth-order valence-corrected chi connectivity index (χ4v) is 1.51. The van der Waals surface area contributed by atoms with Gasteiger partial charge in [-0.25, -0.2) is 0 Å². The minimum Gasteiger partial charge on any atom is -0.353 e. The highest BCUT2D eigenvalue weighted by atomic mass is 16.7. The van der Waals surface area contributed by atoms with Crippen molar-refractivity contribution in [3.8, 4) is 0 Å². The summed E-state index contributed by atoms with van der Waals surface area (Å²) < 4.78 is 22.3. The average Bonchev–Trinajstić information content (AvgIpc) is 2.37. The molecule has 0 spiro atoms. The maximum Gasteiger partial charge on any atom is 0.155 e. The Morgan fingerprint density at radius 2 is 1.26 bits per heavy atom. The van der Waals surface area contributed by atoms with Crippen molar-refractivity contribution in [2.45, 2.75) is 79.0 Å². The van der Waals surface area contributed by atoms with E-state index in [-0.39, 0.29) is 18.7 Å². The summed E-state index contributed by atoms with van der Waals surface area (Å²) in [6, 6.07) is 0. The highest BCUT2D eigenvalue weighted by molar-refractivity contribution is 4.49. The second-order valence-corrected chi connectivity index (χ2v) is 4.86. The van der Waals surface area contributed by atoms with E-state index >= 15 is 0 Å². The van der Waals surface area contributed by atoms with E-state index in [0.29, 0.717) is 6.61 Å². The van der Waals surface area contributed by atoms with Gasteiger partial charge in [-0.2, -0.15) is 0 Å². The van der Waals surface area contributed by atoms with E-state index in [0.717, 1.165) is 38.9 Å². The van der Waals surface area contributed by atoms with Crippen LogP contribution in [0.4, 0.5) is 0 Å². The lowest BCUT2D eigenvalue weighted by Gasteiger charge is -2.21. The molecule has 0 rings (SSSR count). The van der Waals surface area contributed by atoms with Crippen molar-refractivity contribution < 1.29 is 18.9 Å². The molecule has 0 aliphatic rings. The Kier molecular flexibility index (Phi) is 12.7. The zero-order valence-electron chi connectivity index (χ0n) is 13.3. The zero-order valence-corrected chi connectivity index (χ0v) is 13.3. The predicted molar refractivity (Wildman–Crippen MR) is 77.1 cm³/mol.